The van der Waals surface area contributed by atoms with Crippen LogP contribution in [0.5, 0.6) is 5.75 Å². The van der Waals surface area contributed by atoms with Gasteiger partial charge in [0.15, 0.2) is 5.13 Å². The van der Waals surface area contributed by atoms with Crippen LogP contribution < -0.4 is 9.64 Å². The molecule has 0 bridgehead atoms. The Kier molecular flexibility index (Phi) is 8.54. The summed E-state index contributed by atoms with van der Waals surface area (Å²) in [7, 11) is 1.60. The second kappa shape index (κ2) is 10.7. The molecule has 0 saturated heterocycles. The molecule has 0 radical (unpaired) electrons. The molecule has 30 heavy (non-hydrogen) atoms. The van der Waals surface area contributed by atoms with Crippen LogP contribution in [0.15, 0.2) is 30.3 Å². The number of thiazole rings is 1. The number of ether oxygens (including phenoxy) is 1. The number of aromatic nitrogens is 1. The number of likely N-dealkylation sites (N-methyl/N-ethyl adjacent to an activating group) is 1. The fourth-order valence-electron chi connectivity index (χ4n) is 2.87. The number of nitro groups is 1. The van der Waals surface area contributed by atoms with E-state index in [9.17, 15) is 14.9 Å². The molecule has 0 saturated carbocycles. The first-order valence-electron chi connectivity index (χ1n) is 9.19. The highest BCUT2D eigenvalue weighted by molar-refractivity contribution is 7.22. The maximum atomic E-state index is 13.2. The van der Waals surface area contributed by atoms with Crippen molar-refractivity contribution in [2.24, 2.45) is 0 Å². The van der Waals surface area contributed by atoms with E-state index >= 15 is 0 Å². The summed E-state index contributed by atoms with van der Waals surface area (Å²) in [6.45, 7) is 7.03. The topological polar surface area (TPSA) is 88.8 Å². The fraction of sp³-hybridized carbons (Fsp3) is 0.368. The van der Waals surface area contributed by atoms with Crippen molar-refractivity contribution in [3.63, 3.8) is 0 Å². The number of anilines is 1. The van der Waals surface area contributed by atoms with E-state index in [1.54, 1.807) is 12.0 Å². The molecule has 1 aromatic carbocycles. The summed E-state index contributed by atoms with van der Waals surface area (Å²) in [5.74, 6) is 0.448. The predicted molar refractivity (Wildman–Crippen MR) is 124 cm³/mol. The lowest BCUT2D eigenvalue weighted by Gasteiger charge is -2.24. The Morgan fingerprint density at radius 2 is 1.90 bits per heavy atom. The van der Waals surface area contributed by atoms with Crippen molar-refractivity contribution in [1.82, 2.24) is 9.88 Å². The van der Waals surface area contributed by atoms with Crippen molar-refractivity contribution in [3.05, 3.63) is 45.3 Å². The van der Waals surface area contributed by atoms with Gasteiger partial charge in [-0.3, -0.25) is 19.8 Å². The number of hydrogen-bond donors (Lipinski definition) is 0. The van der Waals surface area contributed by atoms with E-state index in [0.29, 0.717) is 23.1 Å². The van der Waals surface area contributed by atoms with E-state index in [-0.39, 0.29) is 23.3 Å². The van der Waals surface area contributed by atoms with Gasteiger partial charge in [-0.15, -0.1) is 12.4 Å². The second-order valence-electron chi connectivity index (χ2n) is 6.21. The lowest BCUT2D eigenvalue weighted by molar-refractivity contribution is -0.380. The summed E-state index contributed by atoms with van der Waals surface area (Å²) >= 11 is 2.29. The minimum atomic E-state index is -0.481. The third-order valence-electron chi connectivity index (χ3n) is 4.58. The Morgan fingerprint density at radius 1 is 1.17 bits per heavy atom. The number of fused-ring (bicyclic) bond motifs is 1. The number of hydrogen-bond acceptors (Lipinski definition) is 8. The SMILES string of the molecule is CCN(CC)CCN(C(=O)c1ccc([N+](=O)[O-])s1)c1nc2ccc(OC)cc2s1.Cl. The zero-order valence-electron chi connectivity index (χ0n) is 16.9. The first-order chi connectivity index (χ1) is 14.0. The van der Waals surface area contributed by atoms with Crippen LogP contribution in [0.4, 0.5) is 10.1 Å². The van der Waals surface area contributed by atoms with E-state index in [0.717, 1.165) is 40.4 Å². The average molecular weight is 471 g/mol. The molecule has 0 aliphatic rings. The molecule has 0 aliphatic heterocycles. The lowest BCUT2D eigenvalue weighted by Crippen LogP contribution is -2.38. The molecule has 11 heteroatoms. The first kappa shape index (κ1) is 24.0. The Labute approximate surface area is 188 Å². The van der Waals surface area contributed by atoms with Crippen molar-refractivity contribution in [2.75, 3.05) is 38.2 Å². The molecule has 8 nitrogen and oxygen atoms in total. The molecule has 1 amide bonds. The number of thiophene rings is 1. The molecule has 0 aliphatic carbocycles. The highest BCUT2D eigenvalue weighted by Gasteiger charge is 2.25. The van der Waals surface area contributed by atoms with Crippen molar-refractivity contribution in [1.29, 1.82) is 0 Å². The normalized spacial score (nSPS) is 10.8. The molecular formula is C19H23ClN4O4S2. The Bertz CT molecular complexity index is 1020. The number of halogens is 1. The van der Waals surface area contributed by atoms with Gasteiger partial charge in [0.05, 0.1) is 27.1 Å². The minimum Gasteiger partial charge on any atom is -0.497 e. The van der Waals surface area contributed by atoms with E-state index in [2.05, 4.69) is 23.7 Å². The number of rotatable bonds is 9. The monoisotopic (exact) mass is 470 g/mol. The smallest absolute Gasteiger partial charge is 0.324 e. The molecule has 3 rings (SSSR count). The summed E-state index contributed by atoms with van der Waals surface area (Å²) in [4.78, 5) is 32.5. The molecule has 0 N–H and O–H groups in total. The number of benzene rings is 1. The van der Waals surface area contributed by atoms with Gasteiger partial charge in [0.2, 0.25) is 0 Å². The molecule has 0 unspecified atom stereocenters. The minimum absolute atomic E-state index is 0. The molecule has 162 valence electrons. The summed E-state index contributed by atoms with van der Waals surface area (Å²) in [5, 5.41) is 11.5. The Hall–Kier alpha value is -2.27. The Balaban J connectivity index is 0.00000320. The summed E-state index contributed by atoms with van der Waals surface area (Å²) in [6, 6.07) is 8.45. The molecule has 0 spiro atoms. The van der Waals surface area contributed by atoms with Gasteiger partial charge in [-0.2, -0.15) is 0 Å². The number of methoxy groups -OCH3 is 1. The van der Waals surface area contributed by atoms with Crippen LogP contribution in [0.1, 0.15) is 23.5 Å². The third kappa shape index (κ3) is 5.25. The van der Waals surface area contributed by atoms with E-state index < -0.39 is 4.92 Å². The van der Waals surface area contributed by atoms with Gasteiger partial charge in [0.25, 0.3) is 5.91 Å². The van der Waals surface area contributed by atoms with Crippen molar-refractivity contribution in [2.45, 2.75) is 13.8 Å². The van der Waals surface area contributed by atoms with Gasteiger partial charge in [0.1, 0.15) is 5.75 Å². The standard InChI is InChI=1S/C19H22N4O4S2.ClH/c1-4-21(5-2)10-11-22(18(24)15-8-9-17(28-15)23(25)26)19-20-14-7-6-13(27-3)12-16(14)29-19;/h6-9,12H,4-5,10-11H2,1-3H3;1H. The van der Waals surface area contributed by atoms with Crippen LogP contribution in [0.2, 0.25) is 0 Å². The van der Waals surface area contributed by atoms with E-state index in [1.807, 2.05) is 18.2 Å². The number of nitrogens with zero attached hydrogens (tertiary/aromatic N) is 4. The number of carbonyl (C=O) groups is 1. The maximum Gasteiger partial charge on any atom is 0.324 e. The maximum absolute atomic E-state index is 13.2. The zero-order chi connectivity index (χ0) is 21.0. The summed E-state index contributed by atoms with van der Waals surface area (Å²) in [6.07, 6.45) is 0. The van der Waals surface area contributed by atoms with Crippen LogP contribution in [-0.2, 0) is 0 Å². The highest BCUT2D eigenvalue weighted by Crippen LogP contribution is 2.33. The van der Waals surface area contributed by atoms with Crippen molar-refractivity contribution < 1.29 is 14.5 Å². The van der Waals surface area contributed by atoms with Crippen LogP contribution in [-0.4, -0.2) is 54.0 Å². The van der Waals surface area contributed by atoms with Gasteiger partial charge in [-0.05, 0) is 37.4 Å². The molecule has 0 atom stereocenters. The van der Waals surface area contributed by atoms with Crippen molar-refractivity contribution >= 4 is 61.3 Å². The van der Waals surface area contributed by atoms with Gasteiger partial charge >= 0.3 is 5.00 Å². The third-order valence-corrected chi connectivity index (χ3v) is 6.64. The van der Waals surface area contributed by atoms with Gasteiger partial charge < -0.3 is 9.64 Å². The second-order valence-corrected chi connectivity index (χ2v) is 8.28. The van der Waals surface area contributed by atoms with Crippen LogP contribution in [0.25, 0.3) is 10.2 Å². The van der Waals surface area contributed by atoms with Crippen LogP contribution in [0.3, 0.4) is 0 Å². The molecule has 2 heterocycles. The van der Waals surface area contributed by atoms with E-state index in [4.69, 9.17) is 4.74 Å². The summed E-state index contributed by atoms with van der Waals surface area (Å²) < 4.78 is 6.19. The first-order valence-corrected chi connectivity index (χ1v) is 10.8. The van der Waals surface area contributed by atoms with Gasteiger partial charge in [-0.1, -0.05) is 36.5 Å². The zero-order valence-corrected chi connectivity index (χ0v) is 19.3. The fourth-order valence-corrected chi connectivity index (χ4v) is 4.66. The molecule has 2 aromatic heterocycles. The predicted octanol–water partition coefficient (Wildman–Crippen LogP) is 4.69. The van der Waals surface area contributed by atoms with Crippen LogP contribution >= 0.6 is 35.1 Å². The number of carbonyl (C=O) groups excluding carboxylic acids is 1. The number of amides is 1. The quantitative estimate of drug-likeness (QED) is 0.333. The van der Waals surface area contributed by atoms with E-state index in [1.165, 1.54) is 23.5 Å². The Morgan fingerprint density at radius 3 is 2.50 bits per heavy atom. The largest absolute Gasteiger partial charge is 0.497 e. The van der Waals surface area contributed by atoms with Crippen molar-refractivity contribution in [3.8, 4) is 5.75 Å². The lowest BCUT2D eigenvalue weighted by atomic mass is 10.3. The van der Waals surface area contributed by atoms with Gasteiger partial charge in [-0.25, -0.2) is 4.98 Å². The molecule has 3 aromatic rings. The highest BCUT2D eigenvalue weighted by atomic mass is 35.5. The molecule has 0 fully saturated rings. The molecular weight excluding hydrogens is 448 g/mol. The van der Waals surface area contributed by atoms with Crippen LogP contribution in [0, 0.1) is 10.1 Å². The summed E-state index contributed by atoms with van der Waals surface area (Å²) in [5.41, 5.74) is 0.781. The van der Waals surface area contributed by atoms with Gasteiger partial charge in [0, 0.05) is 19.2 Å². The average Bonchev–Trinajstić information content (AvgIpc) is 3.37.